The molecule has 0 heterocycles. The summed E-state index contributed by atoms with van der Waals surface area (Å²) in [6.45, 7) is 2.58. The van der Waals surface area contributed by atoms with Gasteiger partial charge in [0.25, 0.3) is 0 Å². The van der Waals surface area contributed by atoms with Crippen molar-refractivity contribution in [1.29, 1.82) is 0 Å². The van der Waals surface area contributed by atoms with Gasteiger partial charge in [-0.3, -0.25) is 9.59 Å². The molecule has 1 aromatic carbocycles. The molecule has 0 radical (unpaired) electrons. The Morgan fingerprint density at radius 1 is 1.32 bits per heavy atom. The first kappa shape index (κ1) is 16.5. The fraction of sp³-hybridized carbons (Fsp3) is 0.529. The van der Waals surface area contributed by atoms with E-state index in [1.165, 1.54) is 0 Å². The van der Waals surface area contributed by atoms with Crippen molar-refractivity contribution in [1.82, 2.24) is 5.32 Å². The first-order valence-electron chi connectivity index (χ1n) is 7.97. The van der Waals surface area contributed by atoms with Crippen LogP contribution in [-0.2, 0) is 16.1 Å². The summed E-state index contributed by atoms with van der Waals surface area (Å²) in [7, 11) is 0. The summed E-state index contributed by atoms with van der Waals surface area (Å²) < 4.78 is 0. The van der Waals surface area contributed by atoms with E-state index >= 15 is 0 Å². The van der Waals surface area contributed by atoms with Crippen LogP contribution in [-0.4, -0.2) is 18.4 Å². The van der Waals surface area contributed by atoms with Crippen molar-refractivity contribution in [2.75, 3.05) is 11.9 Å². The van der Waals surface area contributed by atoms with Crippen LogP contribution in [0.4, 0.5) is 5.69 Å². The largest absolute Gasteiger partial charge is 0.352 e. The second-order valence-corrected chi connectivity index (χ2v) is 6.03. The third-order valence-corrected chi connectivity index (χ3v) is 4.19. The molecule has 1 aromatic rings. The Morgan fingerprint density at radius 3 is 2.73 bits per heavy atom. The number of carbonyl (C=O) groups is 2. The molecule has 0 saturated heterocycles. The van der Waals surface area contributed by atoms with Crippen molar-refractivity contribution in [2.24, 2.45) is 17.6 Å². The average molecular weight is 303 g/mol. The summed E-state index contributed by atoms with van der Waals surface area (Å²) in [6.07, 6.45) is 4.25. The summed E-state index contributed by atoms with van der Waals surface area (Å²) in [5.74, 6) is 0.0114. The highest BCUT2D eigenvalue weighted by Crippen LogP contribution is 2.26. The second kappa shape index (κ2) is 7.94. The summed E-state index contributed by atoms with van der Waals surface area (Å²) in [5.41, 5.74) is 7.22. The Labute approximate surface area is 131 Å². The van der Waals surface area contributed by atoms with Crippen molar-refractivity contribution >= 4 is 17.5 Å². The normalized spacial score (nSPS) is 16.3. The molecule has 2 amide bonds. The zero-order valence-corrected chi connectivity index (χ0v) is 13.1. The van der Waals surface area contributed by atoms with Crippen molar-refractivity contribution in [2.45, 2.75) is 39.2 Å². The molecule has 22 heavy (non-hydrogen) atoms. The molecule has 1 aliphatic rings. The van der Waals surface area contributed by atoms with Gasteiger partial charge >= 0.3 is 0 Å². The smallest absolute Gasteiger partial charge is 0.227 e. The van der Waals surface area contributed by atoms with E-state index in [0.29, 0.717) is 13.1 Å². The molecule has 0 aromatic heterocycles. The van der Waals surface area contributed by atoms with Gasteiger partial charge in [-0.2, -0.15) is 0 Å². The molecule has 0 bridgehead atoms. The van der Waals surface area contributed by atoms with E-state index in [9.17, 15) is 9.59 Å². The van der Waals surface area contributed by atoms with Crippen LogP contribution in [0.25, 0.3) is 0 Å². The predicted octanol–water partition coefficient (Wildman–Crippen LogP) is 2.03. The van der Waals surface area contributed by atoms with Crippen LogP contribution in [0.5, 0.6) is 0 Å². The van der Waals surface area contributed by atoms with Gasteiger partial charge in [0, 0.05) is 30.6 Å². The lowest BCUT2D eigenvalue weighted by Gasteiger charge is -2.13. The van der Waals surface area contributed by atoms with Crippen molar-refractivity contribution < 1.29 is 9.59 Å². The summed E-state index contributed by atoms with van der Waals surface area (Å²) in [4.78, 5) is 23.8. The number of benzene rings is 1. The molecule has 1 unspecified atom stereocenters. The molecule has 5 heteroatoms. The predicted molar refractivity (Wildman–Crippen MR) is 87.1 cm³/mol. The van der Waals surface area contributed by atoms with E-state index in [4.69, 9.17) is 5.73 Å². The van der Waals surface area contributed by atoms with E-state index in [1.807, 2.05) is 24.3 Å². The molecular weight excluding hydrogens is 278 g/mol. The first-order chi connectivity index (χ1) is 10.6. The molecule has 4 N–H and O–H groups in total. The van der Waals surface area contributed by atoms with Crippen LogP contribution in [0.3, 0.4) is 0 Å². The Bertz CT molecular complexity index is 524. The van der Waals surface area contributed by atoms with Gasteiger partial charge in [-0.25, -0.2) is 0 Å². The zero-order valence-electron chi connectivity index (χ0n) is 13.1. The highest BCUT2D eigenvalue weighted by atomic mass is 16.2. The fourth-order valence-electron chi connectivity index (χ4n) is 2.66. The standard InChI is InChI=1S/C17H25N3O2/c1-12(10-18)16(21)19-11-13-5-4-8-15(9-13)20-17(22)14-6-2-3-7-14/h4-5,8-9,12,14H,2-3,6-7,10-11,18H2,1H3,(H,19,21)(H,20,22). The van der Waals surface area contributed by atoms with Crippen molar-refractivity contribution in [3.05, 3.63) is 29.8 Å². The van der Waals surface area contributed by atoms with Gasteiger partial charge in [-0.05, 0) is 30.5 Å². The van der Waals surface area contributed by atoms with Crippen LogP contribution < -0.4 is 16.4 Å². The lowest BCUT2D eigenvalue weighted by molar-refractivity contribution is -0.124. The van der Waals surface area contributed by atoms with E-state index < -0.39 is 0 Å². The molecule has 0 spiro atoms. The van der Waals surface area contributed by atoms with Gasteiger partial charge in [-0.1, -0.05) is 31.9 Å². The number of anilines is 1. The number of nitrogens with two attached hydrogens (primary N) is 1. The number of amides is 2. The summed E-state index contributed by atoms with van der Waals surface area (Å²) >= 11 is 0. The van der Waals surface area contributed by atoms with Gasteiger partial charge in [-0.15, -0.1) is 0 Å². The van der Waals surface area contributed by atoms with Crippen LogP contribution in [0.2, 0.25) is 0 Å². The maximum Gasteiger partial charge on any atom is 0.227 e. The van der Waals surface area contributed by atoms with E-state index in [-0.39, 0.29) is 23.7 Å². The monoisotopic (exact) mass is 303 g/mol. The third-order valence-electron chi connectivity index (χ3n) is 4.19. The quantitative estimate of drug-likeness (QED) is 0.752. The van der Waals surface area contributed by atoms with Crippen molar-refractivity contribution in [3.8, 4) is 0 Å². The highest BCUT2D eigenvalue weighted by molar-refractivity contribution is 5.92. The minimum Gasteiger partial charge on any atom is -0.352 e. The Hall–Kier alpha value is -1.88. The molecule has 1 fully saturated rings. The molecule has 1 aliphatic carbocycles. The Morgan fingerprint density at radius 2 is 2.05 bits per heavy atom. The van der Waals surface area contributed by atoms with Gasteiger partial charge in [0.1, 0.15) is 0 Å². The Kier molecular flexibility index (Phi) is 5.95. The van der Waals surface area contributed by atoms with Crippen LogP contribution in [0.1, 0.15) is 38.2 Å². The van der Waals surface area contributed by atoms with Gasteiger partial charge < -0.3 is 16.4 Å². The lowest BCUT2D eigenvalue weighted by atomic mass is 10.1. The van der Waals surface area contributed by atoms with Gasteiger partial charge in [0.2, 0.25) is 11.8 Å². The van der Waals surface area contributed by atoms with Gasteiger partial charge in [0.05, 0.1) is 0 Å². The first-order valence-corrected chi connectivity index (χ1v) is 7.97. The topological polar surface area (TPSA) is 84.2 Å². The number of carbonyl (C=O) groups excluding carboxylic acids is 2. The number of hydrogen-bond acceptors (Lipinski definition) is 3. The summed E-state index contributed by atoms with van der Waals surface area (Å²) in [6, 6.07) is 7.59. The molecule has 0 aliphatic heterocycles. The van der Waals surface area contributed by atoms with Crippen LogP contribution >= 0.6 is 0 Å². The van der Waals surface area contributed by atoms with Gasteiger partial charge in [0.15, 0.2) is 0 Å². The maximum absolute atomic E-state index is 12.1. The fourth-order valence-corrected chi connectivity index (χ4v) is 2.66. The maximum atomic E-state index is 12.1. The second-order valence-electron chi connectivity index (χ2n) is 6.03. The number of rotatable bonds is 6. The number of nitrogens with one attached hydrogen (secondary N) is 2. The highest BCUT2D eigenvalue weighted by Gasteiger charge is 2.22. The number of hydrogen-bond donors (Lipinski definition) is 3. The van der Waals surface area contributed by atoms with E-state index in [1.54, 1.807) is 6.92 Å². The van der Waals surface area contributed by atoms with Crippen LogP contribution in [0.15, 0.2) is 24.3 Å². The minimum absolute atomic E-state index is 0.0529. The molecule has 1 atom stereocenters. The lowest BCUT2D eigenvalue weighted by Crippen LogP contribution is -2.32. The molecular formula is C17H25N3O2. The molecule has 1 saturated carbocycles. The average Bonchev–Trinajstić information content (AvgIpc) is 3.06. The SMILES string of the molecule is CC(CN)C(=O)NCc1cccc(NC(=O)C2CCCC2)c1. The van der Waals surface area contributed by atoms with E-state index in [0.717, 1.165) is 36.9 Å². The Balaban J connectivity index is 1.89. The third kappa shape index (κ3) is 4.56. The van der Waals surface area contributed by atoms with Crippen LogP contribution in [0, 0.1) is 11.8 Å². The molecule has 5 nitrogen and oxygen atoms in total. The molecule has 120 valence electrons. The molecule has 2 rings (SSSR count). The van der Waals surface area contributed by atoms with Crippen molar-refractivity contribution in [3.63, 3.8) is 0 Å². The minimum atomic E-state index is -0.190. The zero-order chi connectivity index (χ0) is 15.9. The van der Waals surface area contributed by atoms with E-state index in [2.05, 4.69) is 10.6 Å². The summed E-state index contributed by atoms with van der Waals surface area (Å²) in [5, 5.41) is 5.83.